The van der Waals surface area contributed by atoms with E-state index in [1.54, 1.807) is 17.6 Å². The van der Waals surface area contributed by atoms with Crippen LogP contribution in [0.2, 0.25) is 0 Å². The van der Waals surface area contributed by atoms with Gasteiger partial charge in [-0.3, -0.25) is 4.99 Å². The zero-order chi connectivity index (χ0) is 18.9. The maximum absolute atomic E-state index is 5.80. The smallest absolute Gasteiger partial charge is 0.191 e. The quantitative estimate of drug-likeness (QED) is 0.316. The summed E-state index contributed by atoms with van der Waals surface area (Å²) in [7, 11) is 0. The Morgan fingerprint density at radius 3 is 2.71 bits per heavy atom. The van der Waals surface area contributed by atoms with Crippen molar-refractivity contribution in [1.29, 1.82) is 0 Å². The topological polar surface area (TPSA) is 71.7 Å². The van der Waals surface area contributed by atoms with Crippen LogP contribution in [0.25, 0.3) is 0 Å². The molecule has 0 saturated carbocycles. The second kappa shape index (κ2) is 12.4. The number of furan rings is 1. The van der Waals surface area contributed by atoms with Gasteiger partial charge in [0, 0.05) is 37.4 Å². The van der Waals surface area contributed by atoms with Crippen LogP contribution in [0, 0.1) is 13.8 Å². The number of guanidine groups is 1. The predicted octanol–water partition coefficient (Wildman–Crippen LogP) is 3.86. The molecule has 8 heteroatoms. The number of hydrogen-bond acceptors (Lipinski definition) is 5. The number of aryl methyl sites for hydroxylation is 2. The first-order valence-electron chi connectivity index (χ1n) is 9.80. The van der Waals surface area contributed by atoms with Gasteiger partial charge in [0.25, 0.3) is 0 Å². The summed E-state index contributed by atoms with van der Waals surface area (Å²) in [5.41, 5.74) is 1.13. The Kier molecular flexibility index (Phi) is 10.3. The van der Waals surface area contributed by atoms with E-state index in [0.29, 0.717) is 6.54 Å². The van der Waals surface area contributed by atoms with Gasteiger partial charge in [0.05, 0.1) is 29.6 Å². The van der Waals surface area contributed by atoms with Crippen molar-refractivity contribution in [2.75, 3.05) is 26.2 Å². The van der Waals surface area contributed by atoms with Gasteiger partial charge >= 0.3 is 0 Å². The van der Waals surface area contributed by atoms with Gasteiger partial charge < -0.3 is 19.8 Å². The number of rotatable bonds is 8. The maximum atomic E-state index is 5.80. The Labute approximate surface area is 188 Å². The monoisotopic (exact) mass is 518 g/mol. The fourth-order valence-electron chi connectivity index (χ4n) is 3.01. The molecule has 3 heterocycles. The largest absolute Gasteiger partial charge is 0.469 e. The summed E-state index contributed by atoms with van der Waals surface area (Å²) in [5.74, 6) is 1.81. The van der Waals surface area contributed by atoms with Gasteiger partial charge in [-0.2, -0.15) is 0 Å². The molecule has 2 aromatic heterocycles. The van der Waals surface area contributed by atoms with Gasteiger partial charge in [0.1, 0.15) is 5.76 Å². The maximum Gasteiger partial charge on any atom is 0.191 e. The van der Waals surface area contributed by atoms with E-state index in [4.69, 9.17) is 14.1 Å². The third-order valence-electron chi connectivity index (χ3n) is 4.68. The summed E-state index contributed by atoms with van der Waals surface area (Å²) in [6, 6.07) is 3.91. The van der Waals surface area contributed by atoms with Gasteiger partial charge in [-0.15, -0.1) is 35.3 Å². The van der Waals surface area contributed by atoms with Crippen LogP contribution in [-0.2, 0) is 17.6 Å². The molecule has 0 aliphatic carbocycles. The van der Waals surface area contributed by atoms with Crippen molar-refractivity contribution in [3.63, 3.8) is 0 Å². The predicted molar refractivity (Wildman–Crippen MR) is 125 cm³/mol. The molecular formula is C20H31IN4O2S. The first-order valence-corrected chi connectivity index (χ1v) is 10.6. The molecule has 1 saturated heterocycles. The van der Waals surface area contributed by atoms with Gasteiger partial charge in [0.15, 0.2) is 5.96 Å². The van der Waals surface area contributed by atoms with Crippen molar-refractivity contribution >= 4 is 41.3 Å². The summed E-state index contributed by atoms with van der Waals surface area (Å²) >= 11 is 1.77. The van der Waals surface area contributed by atoms with E-state index >= 15 is 0 Å². The number of nitrogens with zero attached hydrogens (tertiary/aromatic N) is 2. The minimum Gasteiger partial charge on any atom is -0.469 e. The van der Waals surface area contributed by atoms with E-state index < -0.39 is 0 Å². The Hall–Kier alpha value is -1.13. The summed E-state index contributed by atoms with van der Waals surface area (Å²) in [5, 5.41) is 8.01. The molecule has 6 nitrogen and oxygen atoms in total. The molecule has 0 spiro atoms. The lowest BCUT2D eigenvalue weighted by Gasteiger charge is -2.21. The molecule has 0 bridgehead atoms. The minimum atomic E-state index is 0. The van der Waals surface area contributed by atoms with Gasteiger partial charge in [-0.25, -0.2) is 4.98 Å². The molecule has 1 unspecified atom stereocenters. The number of ether oxygens (including phenoxy) is 1. The third-order valence-corrected chi connectivity index (χ3v) is 5.81. The standard InChI is InChI=1S/C20H30N4O2S.HI/c1-15-16(2)27-19(24-15)9-11-22-20(21-10-8-17-7-5-13-25-17)23-14-18-6-3-4-12-26-18;/h5,7,13,18H,3-4,6,8-12,14H2,1-2H3,(H2,21,22,23);1H. The molecule has 0 radical (unpaired) electrons. The van der Waals surface area contributed by atoms with Crippen molar-refractivity contribution in [2.24, 2.45) is 4.99 Å². The first-order chi connectivity index (χ1) is 13.2. The molecule has 28 heavy (non-hydrogen) atoms. The fourth-order valence-corrected chi connectivity index (χ4v) is 3.95. The zero-order valence-corrected chi connectivity index (χ0v) is 19.8. The molecule has 2 aromatic rings. The number of nitrogens with one attached hydrogen (secondary N) is 2. The molecule has 3 rings (SSSR count). The average molecular weight is 518 g/mol. The number of hydrogen-bond donors (Lipinski definition) is 2. The molecular weight excluding hydrogens is 487 g/mol. The molecule has 1 atom stereocenters. The number of aromatic nitrogens is 1. The Morgan fingerprint density at radius 2 is 2.07 bits per heavy atom. The molecule has 156 valence electrons. The highest BCUT2D eigenvalue weighted by atomic mass is 127. The van der Waals surface area contributed by atoms with E-state index in [-0.39, 0.29) is 30.1 Å². The van der Waals surface area contributed by atoms with Gasteiger partial charge in [-0.1, -0.05) is 0 Å². The van der Waals surface area contributed by atoms with E-state index in [9.17, 15) is 0 Å². The van der Waals surface area contributed by atoms with Crippen LogP contribution in [0.3, 0.4) is 0 Å². The molecule has 2 N–H and O–H groups in total. The summed E-state index contributed by atoms with van der Waals surface area (Å²) < 4.78 is 11.2. The highest BCUT2D eigenvalue weighted by Gasteiger charge is 2.13. The van der Waals surface area contributed by atoms with Crippen LogP contribution in [0.4, 0.5) is 0 Å². The Morgan fingerprint density at radius 1 is 1.25 bits per heavy atom. The summed E-state index contributed by atoms with van der Waals surface area (Å²) in [6.07, 6.45) is 7.18. The first kappa shape index (κ1) is 23.2. The average Bonchev–Trinajstić information content (AvgIpc) is 3.30. The second-order valence-electron chi connectivity index (χ2n) is 6.86. The van der Waals surface area contributed by atoms with Crippen LogP contribution in [-0.4, -0.2) is 43.3 Å². The van der Waals surface area contributed by atoms with Crippen molar-refractivity contribution < 1.29 is 9.15 Å². The molecule has 1 aliphatic heterocycles. The van der Waals surface area contributed by atoms with Crippen LogP contribution in [0.15, 0.2) is 27.8 Å². The second-order valence-corrected chi connectivity index (χ2v) is 8.15. The minimum absolute atomic E-state index is 0. The normalized spacial score (nSPS) is 17.2. The van der Waals surface area contributed by atoms with E-state index in [1.165, 1.54) is 22.7 Å². The molecule has 0 amide bonds. The van der Waals surface area contributed by atoms with Crippen molar-refractivity contribution in [1.82, 2.24) is 15.6 Å². The molecule has 1 fully saturated rings. The number of aliphatic imine (C=N–C) groups is 1. The summed E-state index contributed by atoms with van der Waals surface area (Å²) in [6.45, 7) is 7.33. The fraction of sp³-hybridized carbons (Fsp3) is 0.600. The lowest BCUT2D eigenvalue weighted by Crippen LogP contribution is -2.40. The van der Waals surface area contributed by atoms with Gasteiger partial charge in [0.2, 0.25) is 0 Å². The van der Waals surface area contributed by atoms with E-state index in [0.717, 1.165) is 56.4 Å². The van der Waals surface area contributed by atoms with Crippen LogP contribution in [0.5, 0.6) is 0 Å². The number of halogens is 1. The van der Waals surface area contributed by atoms with Crippen molar-refractivity contribution in [2.45, 2.75) is 52.1 Å². The van der Waals surface area contributed by atoms with Crippen molar-refractivity contribution in [3.05, 3.63) is 39.7 Å². The summed E-state index contributed by atoms with van der Waals surface area (Å²) in [4.78, 5) is 10.6. The highest BCUT2D eigenvalue weighted by Crippen LogP contribution is 2.16. The molecule has 1 aliphatic rings. The van der Waals surface area contributed by atoms with Crippen LogP contribution in [0.1, 0.15) is 40.6 Å². The highest BCUT2D eigenvalue weighted by molar-refractivity contribution is 14.0. The van der Waals surface area contributed by atoms with Gasteiger partial charge in [-0.05, 0) is 45.2 Å². The lowest BCUT2D eigenvalue weighted by atomic mass is 10.1. The SMILES string of the molecule is Cc1nc(CCNC(=NCC2CCCCO2)NCCc2ccco2)sc1C.I. The third kappa shape index (κ3) is 7.71. The Bertz CT molecular complexity index is 692. The Balaban J connectivity index is 0.00000280. The van der Waals surface area contributed by atoms with Crippen LogP contribution >= 0.6 is 35.3 Å². The number of thiazole rings is 1. The lowest BCUT2D eigenvalue weighted by molar-refractivity contribution is 0.0224. The van der Waals surface area contributed by atoms with E-state index in [2.05, 4.69) is 29.5 Å². The molecule has 0 aromatic carbocycles. The zero-order valence-electron chi connectivity index (χ0n) is 16.7. The van der Waals surface area contributed by atoms with Crippen LogP contribution < -0.4 is 10.6 Å². The van der Waals surface area contributed by atoms with E-state index in [1.807, 2.05) is 12.1 Å². The van der Waals surface area contributed by atoms with Crippen molar-refractivity contribution in [3.8, 4) is 0 Å².